The van der Waals surface area contributed by atoms with E-state index in [0.29, 0.717) is 6.04 Å². The number of hydrogen-bond donors (Lipinski definition) is 2. The highest BCUT2D eigenvalue weighted by Crippen LogP contribution is 1.81. The molecule has 0 spiro atoms. The molecule has 0 rings (SSSR count). The lowest BCUT2D eigenvalue weighted by atomic mass is 10.4. The highest BCUT2D eigenvalue weighted by molar-refractivity contribution is 7.97. The standard InChI is InChI=1S/C4H12N2S/c1-4(2)6-3-7-5/h4,6H,3,5H2,1-2H3. The first kappa shape index (κ1) is 7.27. The van der Waals surface area contributed by atoms with Crippen LogP contribution in [0.5, 0.6) is 0 Å². The first-order chi connectivity index (χ1) is 3.27. The maximum atomic E-state index is 5.13. The first-order valence-electron chi connectivity index (χ1n) is 2.32. The molecule has 0 aliphatic carbocycles. The van der Waals surface area contributed by atoms with Crippen LogP contribution in [0.1, 0.15) is 13.8 Å². The molecule has 0 saturated heterocycles. The van der Waals surface area contributed by atoms with Crippen molar-refractivity contribution in [2.75, 3.05) is 5.88 Å². The second-order valence-corrected chi connectivity index (χ2v) is 2.29. The Kier molecular flexibility index (Phi) is 4.60. The lowest BCUT2D eigenvalue weighted by Crippen LogP contribution is -2.22. The van der Waals surface area contributed by atoms with Gasteiger partial charge in [0.05, 0.1) is 5.88 Å². The Morgan fingerprint density at radius 1 is 1.71 bits per heavy atom. The van der Waals surface area contributed by atoms with Crippen LogP contribution in [0.3, 0.4) is 0 Å². The highest BCUT2D eigenvalue weighted by Gasteiger charge is 1.86. The van der Waals surface area contributed by atoms with Crippen molar-refractivity contribution >= 4 is 11.9 Å². The van der Waals surface area contributed by atoms with Crippen LogP contribution in [0, 0.1) is 0 Å². The van der Waals surface area contributed by atoms with E-state index >= 15 is 0 Å². The van der Waals surface area contributed by atoms with Crippen molar-refractivity contribution < 1.29 is 0 Å². The van der Waals surface area contributed by atoms with Crippen molar-refractivity contribution in [2.24, 2.45) is 5.14 Å². The van der Waals surface area contributed by atoms with Crippen LogP contribution < -0.4 is 10.5 Å². The molecule has 3 N–H and O–H groups in total. The van der Waals surface area contributed by atoms with Crippen molar-refractivity contribution in [2.45, 2.75) is 19.9 Å². The fraction of sp³-hybridized carbons (Fsp3) is 1.00. The van der Waals surface area contributed by atoms with Crippen molar-refractivity contribution in [3.8, 4) is 0 Å². The van der Waals surface area contributed by atoms with E-state index in [1.165, 1.54) is 11.9 Å². The van der Waals surface area contributed by atoms with Crippen LogP contribution in [0.4, 0.5) is 0 Å². The molecule has 3 heteroatoms. The van der Waals surface area contributed by atoms with Crippen LogP contribution in [-0.4, -0.2) is 11.9 Å². The van der Waals surface area contributed by atoms with Crippen LogP contribution in [0.15, 0.2) is 0 Å². The molecule has 0 aliphatic heterocycles. The molecule has 0 radical (unpaired) electrons. The van der Waals surface area contributed by atoms with Gasteiger partial charge in [-0.25, -0.2) is 0 Å². The second-order valence-electron chi connectivity index (χ2n) is 1.67. The van der Waals surface area contributed by atoms with Gasteiger partial charge in [-0.15, -0.1) is 0 Å². The third kappa shape index (κ3) is 6.27. The lowest BCUT2D eigenvalue weighted by Gasteiger charge is -2.02. The van der Waals surface area contributed by atoms with Crippen LogP contribution in [0.2, 0.25) is 0 Å². The first-order valence-corrected chi connectivity index (χ1v) is 3.37. The molecule has 0 aliphatic rings. The number of nitrogens with one attached hydrogen (secondary N) is 1. The summed E-state index contributed by atoms with van der Waals surface area (Å²) < 4.78 is 0. The quantitative estimate of drug-likeness (QED) is 0.422. The number of nitrogens with two attached hydrogens (primary N) is 1. The molecular formula is C4H12N2S. The summed E-state index contributed by atoms with van der Waals surface area (Å²) >= 11 is 1.32. The normalized spacial score (nSPS) is 10.3. The average Bonchev–Trinajstić information content (AvgIpc) is 1.61. The summed E-state index contributed by atoms with van der Waals surface area (Å²) in [7, 11) is 0. The maximum absolute atomic E-state index is 5.13. The fourth-order valence-electron chi connectivity index (χ4n) is 0.215. The van der Waals surface area contributed by atoms with E-state index in [-0.39, 0.29) is 0 Å². The zero-order valence-electron chi connectivity index (χ0n) is 4.77. The van der Waals surface area contributed by atoms with E-state index in [2.05, 4.69) is 19.2 Å². The van der Waals surface area contributed by atoms with Gasteiger partial charge in [0.25, 0.3) is 0 Å². The molecule has 0 saturated carbocycles. The minimum absolute atomic E-state index is 0.552. The summed E-state index contributed by atoms with van der Waals surface area (Å²) in [5.41, 5.74) is 0. The molecule has 0 aromatic heterocycles. The van der Waals surface area contributed by atoms with E-state index < -0.39 is 0 Å². The Bertz CT molecular complexity index is 38.7. The fourth-order valence-corrected chi connectivity index (χ4v) is 0.644. The van der Waals surface area contributed by atoms with Crippen LogP contribution >= 0.6 is 11.9 Å². The van der Waals surface area contributed by atoms with Gasteiger partial charge in [0.1, 0.15) is 0 Å². The van der Waals surface area contributed by atoms with Crippen molar-refractivity contribution in [1.29, 1.82) is 0 Å². The predicted octanol–water partition coefficient (Wildman–Crippen LogP) is 0.549. The molecule has 0 aromatic rings. The SMILES string of the molecule is CC(C)NCSN. The van der Waals surface area contributed by atoms with Gasteiger partial charge in [0, 0.05) is 6.04 Å². The Balaban J connectivity index is 2.68. The Morgan fingerprint density at radius 3 is 2.43 bits per heavy atom. The van der Waals surface area contributed by atoms with Gasteiger partial charge in [-0.2, -0.15) is 0 Å². The second kappa shape index (κ2) is 4.43. The van der Waals surface area contributed by atoms with E-state index in [1.807, 2.05) is 0 Å². The van der Waals surface area contributed by atoms with Crippen molar-refractivity contribution in [3.05, 3.63) is 0 Å². The van der Waals surface area contributed by atoms with Crippen molar-refractivity contribution in [3.63, 3.8) is 0 Å². The van der Waals surface area contributed by atoms with E-state index in [1.54, 1.807) is 0 Å². The number of hydrogen-bond acceptors (Lipinski definition) is 3. The summed E-state index contributed by atoms with van der Waals surface area (Å²) in [6, 6.07) is 0.552. The van der Waals surface area contributed by atoms with Gasteiger partial charge in [0.2, 0.25) is 0 Å². The molecule has 0 aromatic carbocycles. The topological polar surface area (TPSA) is 38.0 Å². The van der Waals surface area contributed by atoms with Crippen LogP contribution in [0.25, 0.3) is 0 Å². The highest BCUT2D eigenvalue weighted by atomic mass is 32.2. The minimum Gasteiger partial charge on any atom is -0.305 e. The largest absolute Gasteiger partial charge is 0.305 e. The lowest BCUT2D eigenvalue weighted by molar-refractivity contribution is 0.655. The third-order valence-electron chi connectivity index (χ3n) is 0.575. The van der Waals surface area contributed by atoms with Gasteiger partial charge < -0.3 is 5.32 Å². The van der Waals surface area contributed by atoms with Crippen molar-refractivity contribution in [1.82, 2.24) is 5.32 Å². The Morgan fingerprint density at radius 2 is 2.29 bits per heavy atom. The molecule has 0 bridgehead atoms. The summed E-state index contributed by atoms with van der Waals surface area (Å²) in [5, 5.41) is 8.26. The molecule has 0 atom stereocenters. The average molecular weight is 120 g/mol. The molecule has 0 heterocycles. The van der Waals surface area contributed by atoms with E-state index in [4.69, 9.17) is 5.14 Å². The maximum Gasteiger partial charge on any atom is 0.0565 e. The smallest absolute Gasteiger partial charge is 0.0565 e. The molecule has 0 fully saturated rings. The van der Waals surface area contributed by atoms with Crippen LogP contribution in [-0.2, 0) is 0 Å². The minimum atomic E-state index is 0.552. The summed E-state index contributed by atoms with van der Waals surface area (Å²) in [5.74, 6) is 0.845. The Hall–Kier alpha value is 0.270. The van der Waals surface area contributed by atoms with Gasteiger partial charge in [-0.05, 0) is 0 Å². The van der Waals surface area contributed by atoms with Gasteiger partial charge in [-0.3, -0.25) is 5.14 Å². The molecule has 0 unspecified atom stereocenters. The van der Waals surface area contributed by atoms with Gasteiger partial charge in [-0.1, -0.05) is 25.8 Å². The zero-order chi connectivity index (χ0) is 5.70. The third-order valence-corrected chi connectivity index (χ3v) is 0.908. The Labute approximate surface area is 49.0 Å². The van der Waals surface area contributed by atoms with E-state index in [0.717, 1.165) is 5.88 Å². The summed E-state index contributed by atoms with van der Waals surface area (Å²) in [4.78, 5) is 0. The zero-order valence-corrected chi connectivity index (χ0v) is 5.59. The molecular weight excluding hydrogens is 108 g/mol. The monoisotopic (exact) mass is 120 g/mol. The van der Waals surface area contributed by atoms with E-state index in [9.17, 15) is 0 Å². The number of rotatable bonds is 3. The molecule has 7 heavy (non-hydrogen) atoms. The molecule has 0 amide bonds. The summed E-state index contributed by atoms with van der Waals surface area (Å²) in [6.07, 6.45) is 0. The predicted molar refractivity (Wildman–Crippen MR) is 34.9 cm³/mol. The summed E-state index contributed by atoms with van der Waals surface area (Å²) in [6.45, 7) is 4.19. The van der Waals surface area contributed by atoms with Gasteiger partial charge >= 0.3 is 0 Å². The molecule has 2 nitrogen and oxygen atoms in total. The van der Waals surface area contributed by atoms with Gasteiger partial charge in [0.15, 0.2) is 0 Å². The molecule has 44 valence electrons.